The number of hydrogen-bond donors (Lipinski definition) is 0. The molecule has 0 saturated heterocycles. The lowest BCUT2D eigenvalue weighted by Gasteiger charge is -2.15. The molecule has 1 fully saturated rings. The smallest absolute Gasteiger partial charge is 0.0245 e. The maximum Gasteiger partial charge on any atom is 0.0245 e. The lowest BCUT2D eigenvalue weighted by molar-refractivity contribution is 0.430. The van der Waals surface area contributed by atoms with Crippen LogP contribution in [0.2, 0.25) is 0 Å². The summed E-state index contributed by atoms with van der Waals surface area (Å²) in [5.41, 5.74) is 2.09. The molecule has 0 nitrogen and oxygen atoms in total. The summed E-state index contributed by atoms with van der Waals surface area (Å²) in [6.07, 6.45) is 6.62. The van der Waals surface area contributed by atoms with Crippen LogP contribution >= 0.6 is 0 Å². The average molecular weight is 210 g/mol. The molecule has 0 heteroatoms. The van der Waals surface area contributed by atoms with Crippen LogP contribution in [0, 0.1) is 17.8 Å². The number of rotatable bonds is 1. The van der Waals surface area contributed by atoms with Gasteiger partial charge in [0.15, 0.2) is 0 Å². The van der Waals surface area contributed by atoms with Crippen molar-refractivity contribution < 1.29 is 0 Å². The van der Waals surface area contributed by atoms with Crippen LogP contribution in [0.15, 0.2) is 36.9 Å². The molecule has 0 atom stereocenters. The van der Waals surface area contributed by atoms with E-state index in [1.807, 2.05) is 18.2 Å². The Labute approximate surface area is 98.4 Å². The summed E-state index contributed by atoms with van der Waals surface area (Å²) in [7, 11) is 0. The monoisotopic (exact) mass is 210 g/mol. The van der Waals surface area contributed by atoms with Crippen LogP contribution in [0.1, 0.15) is 37.7 Å². The van der Waals surface area contributed by atoms with Gasteiger partial charge in [-0.3, -0.25) is 0 Å². The van der Waals surface area contributed by atoms with Crippen molar-refractivity contribution in [1.82, 2.24) is 0 Å². The molecule has 1 saturated carbocycles. The Morgan fingerprint density at radius 3 is 2.44 bits per heavy atom. The fourth-order valence-corrected chi connectivity index (χ4v) is 2.15. The molecule has 1 aliphatic carbocycles. The average Bonchev–Trinajstić information content (AvgIpc) is 2.38. The third-order valence-electron chi connectivity index (χ3n) is 3.15. The molecule has 0 spiro atoms. The Morgan fingerprint density at radius 2 is 1.75 bits per heavy atom. The summed E-state index contributed by atoms with van der Waals surface area (Å²) in [5.74, 6) is 7.20. The van der Waals surface area contributed by atoms with E-state index in [1.165, 1.54) is 32.1 Å². The van der Waals surface area contributed by atoms with Crippen molar-refractivity contribution in [2.24, 2.45) is 5.92 Å². The molecule has 1 aromatic carbocycles. The fourth-order valence-electron chi connectivity index (χ4n) is 2.15. The molecule has 0 heterocycles. The second-order valence-electron chi connectivity index (χ2n) is 4.45. The van der Waals surface area contributed by atoms with Gasteiger partial charge in [-0.15, -0.1) is 0 Å². The standard InChI is InChI=1S/C16H18/c1-14(16-10-6-3-7-11-16)12-13-15-8-4-2-5-9-15/h3,6-7,10-11,15H,1-2,4-5,8-9H2. The summed E-state index contributed by atoms with van der Waals surface area (Å²) < 4.78 is 0. The van der Waals surface area contributed by atoms with Gasteiger partial charge in [0, 0.05) is 11.5 Å². The Hall–Kier alpha value is -1.48. The van der Waals surface area contributed by atoms with Gasteiger partial charge in [-0.05, 0) is 18.4 Å². The van der Waals surface area contributed by atoms with Crippen molar-refractivity contribution in [2.45, 2.75) is 32.1 Å². The molecular weight excluding hydrogens is 192 g/mol. The van der Waals surface area contributed by atoms with E-state index in [9.17, 15) is 0 Å². The third kappa shape index (κ3) is 3.00. The molecule has 0 N–H and O–H groups in total. The van der Waals surface area contributed by atoms with Crippen molar-refractivity contribution in [2.75, 3.05) is 0 Å². The second-order valence-corrected chi connectivity index (χ2v) is 4.45. The molecule has 16 heavy (non-hydrogen) atoms. The molecule has 0 bridgehead atoms. The minimum absolute atomic E-state index is 0.606. The van der Waals surface area contributed by atoms with E-state index in [4.69, 9.17) is 0 Å². The first-order chi connectivity index (χ1) is 7.86. The molecule has 0 amide bonds. The van der Waals surface area contributed by atoms with Crippen LogP contribution in [-0.4, -0.2) is 0 Å². The van der Waals surface area contributed by atoms with E-state index in [2.05, 4.69) is 30.6 Å². The Kier molecular flexibility index (Phi) is 3.83. The number of hydrogen-bond acceptors (Lipinski definition) is 0. The zero-order chi connectivity index (χ0) is 11.2. The van der Waals surface area contributed by atoms with E-state index in [0.29, 0.717) is 5.92 Å². The van der Waals surface area contributed by atoms with Crippen LogP contribution in [0.4, 0.5) is 0 Å². The molecule has 1 aromatic rings. The molecule has 1 aliphatic rings. The highest BCUT2D eigenvalue weighted by Crippen LogP contribution is 2.23. The normalized spacial score (nSPS) is 16.2. The van der Waals surface area contributed by atoms with E-state index in [0.717, 1.165) is 11.1 Å². The van der Waals surface area contributed by atoms with Gasteiger partial charge < -0.3 is 0 Å². The highest BCUT2D eigenvalue weighted by molar-refractivity contribution is 5.76. The van der Waals surface area contributed by atoms with E-state index in [1.54, 1.807) is 0 Å². The molecular formula is C16H18. The van der Waals surface area contributed by atoms with E-state index >= 15 is 0 Å². The van der Waals surface area contributed by atoms with Crippen molar-refractivity contribution in [3.05, 3.63) is 42.5 Å². The third-order valence-corrected chi connectivity index (χ3v) is 3.15. The van der Waals surface area contributed by atoms with Gasteiger partial charge in [0.1, 0.15) is 0 Å². The van der Waals surface area contributed by atoms with Crippen molar-refractivity contribution in [1.29, 1.82) is 0 Å². The number of benzene rings is 1. The SMILES string of the molecule is C=C(C#CC1CCCCC1)c1ccccc1. The zero-order valence-corrected chi connectivity index (χ0v) is 9.71. The molecule has 2 rings (SSSR count). The lowest BCUT2D eigenvalue weighted by Crippen LogP contribution is -2.02. The van der Waals surface area contributed by atoms with Crippen molar-refractivity contribution >= 4 is 5.57 Å². The van der Waals surface area contributed by atoms with Crippen LogP contribution in [0.3, 0.4) is 0 Å². The van der Waals surface area contributed by atoms with Crippen molar-refractivity contribution in [3.8, 4) is 11.8 Å². The summed E-state index contributed by atoms with van der Waals surface area (Å²) in [4.78, 5) is 0. The van der Waals surface area contributed by atoms with Gasteiger partial charge in [-0.25, -0.2) is 0 Å². The minimum Gasteiger partial charge on any atom is -0.0945 e. The molecule has 0 aliphatic heterocycles. The Morgan fingerprint density at radius 1 is 1.06 bits per heavy atom. The topological polar surface area (TPSA) is 0 Å². The van der Waals surface area contributed by atoms with Crippen LogP contribution in [0.5, 0.6) is 0 Å². The zero-order valence-electron chi connectivity index (χ0n) is 9.71. The molecule has 0 radical (unpaired) electrons. The highest BCUT2D eigenvalue weighted by atomic mass is 14.1. The van der Waals surface area contributed by atoms with Crippen molar-refractivity contribution in [3.63, 3.8) is 0 Å². The highest BCUT2D eigenvalue weighted by Gasteiger charge is 2.09. The largest absolute Gasteiger partial charge is 0.0945 e. The van der Waals surface area contributed by atoms with Gasteiger partial charge >= 0.3 is 0 Å². The van der Waals surface area contributed by atoms with E-state index < -0.39 is 0 Å². The first-order valence-electron chi connectivity index (χ1n) is 6.12. The van der Waals surface area contributed by atoms with E-state index in [-0.39, 0.29) is 0 Å². The van der Waals surface area contributed by atoms with Crippen LogP contribution in [-0.2, 0) is 0 Å². The van der Waals surface area contributed by atoms with Crippen LogP contribution < -0.4 is 0 Å². The maximum atomic E-state index is 4.04. The summed E-state index contributed by atoms with van der Waals surface area (Å²) in [6.45, 7) is 4.04. The van der Waals surface area contributed by atoms with Gasteiger partial charge in [0.2, 0.25) is 0 Å². The summed E-state index contributed by atoms with van der Waals surface area (Å²) in [5, 5.41) is 0. The predicted octanol–water partition coefficient (Wildman–Crippen LogP) is 4.28. The lowest BCUT2D eigenvalue weighted by atomic mass is 9.89. The Bertz CT molecular complexity index is 397. The van der Waals surface area contributed by atoms with Gasteiger partial charge in [0.25, 0.3) is 0 Å². The quantitative estimate of drug-likeness (QED) is 0.607. The van der Waals surface area contributed by atoms with Gasteiger partial charge in [0.05, 0.1) is 0 Å². The maximum absolute atomic E-state index is 4.04. The molecule has 82 valence electrons. The summed E-state index contributed by atoms with van der Waals surface area (Å²) in [6, 6.07) is 10.2. The predicted molar refractivity (Wildman–Crippen MR) is 69.8 cm³/mol. The fraction of sp³-hybridized carbons (Fsp3) is 0.375. The molecule has 0 aromatic heterocycles. The second kappa shape index (κ2) is 5.56. The summed E-state index contributed by atoms with van der Waals surface area (Å²) >= 11 is 0. The van der Waals surface area contributed by atoms with Gasteiger partial charge in [-0.1, -0.05) is 68.0 Å². The first-order valence-corrected chi connectivity index (χ1v) is 6.12. The molecule has 0 unspecified atom stereocenters. The minimum atomic E-state index is 0.606. The first kappa shape index (κ1) is 11.0. The number of allylic oxidation sites excluding steroid dienone is 1. The Balaban J connectivity index is 1.99. The van der Waals surface area contributed by atoms with Gasteiger partial charge in [-0.2, -0.15) is 0 Å². The van der Waals surface area contributed by atoms with Crippen LogP contribution in [0.25, 0.3) is 5.57 Å².